The number of aryl methyl sites for hydroxylation is 1. The maximum atomic E-state index is 13.5. The number of benzene rings is 2. The monoisotopic (exact) mass is 412 g/mol. The molecule has 0 saturated heterocycles. The highest BCUT2D eigenvalue weighted by molar-refractivity contribution is 6.45. The molecule has 0 atom stereocenters. The molecule has 7 heteroatoms. The third-order valence-corrected chi connectivity index (χ3v) is 5.00. The van der Waals surface area contributed by atoms with Gasteiger partial charge in [-0.25, -0.2) is 9.29 Å². The minimum atomic E-state index is -0.434. The van der Waals surface area contributed by atoms with Crippen LogP contribution in [0.4, 0.5) is 10.1 Å². The zero-order valence-corrected chi connectivity index (χ0v) is 17.4. The van der Waals surface area contributed by atoms with Crippen LogP contribution in [0.15, 0.2) is 54.2 Å². The summed E-state index contributed by atoms with van der Waals surface area (Å²) < 4.78 is 23.9. The zero-order chi connectivity index (χ0) is 21.7. The average Bonchev–Trinajstić information content (AvgIpc) is 2.99. The number of nitrogens with zero attached hydrogens (tertiary/aromatic N) is 2. The molecule has 2 aromatic rings. The Bertz CT molecular complexity index is 948. The van der Waals surface area contributed by atoms with E-state index in [0.29, 0.717) is 37.6 Å². The molecule has 0 spiro atoms. The lowest BCUT2D eigenvalue weighted by Gasteiger charge is -2.26. The molecule has 0 aliphatic carbocycles. The first-order valence-corrected chi connectivity index (χ1v) is 9.67. The van der Waals surface area contributed by atoms with E-state index in [4.69, 9.17) is 9.47 Å². The van der Waals surface area contributed by atoms with Crippen molar-refractivity contribution >= 4 is 23.1 Å². The summed E-state index contributed by atoms with van der Waals surface area (Å²) in [6, 6.07) is 12.8. The van der Waals surface area contributed by atoms with Gasteiger partial charge in [0.1, 0.15) is 11.5 Å². The lowest BCUT2D eigenvalue weighted by atomic mass is 10.0. The van der Waals surface area contributed by atoms with Gasteiger partial charge in [0.25, 0.3) is 11.8 Å². The first-order chi connectivity index (χ1) is 14.5. The number of methoxy groups -OCH3 is 2. The van der Waals surface area contributed by atoms with Crippen LogP contribution < -0.4 is 4.90 Å². The first kappa shape index (κ1) is 21.7. The van der Waals surface area contributed by atoms with Crippen molar-refractivity contribution in [3.05, 3.63) is 71.2 Å². The van der Waals surface area contributed by atoms with E-state index in [1.165, 1.54) is 29.2 Å². The average molecular weight is 412 g/mol. The number of halogens is 1. The number of imide groups is 1. The molecular formula is C23H25FN2O4. The van der Waals surface area contributed by atoms with Crippen molar-refractivity contribution in [3.8, 4) is 0 Å². The summed E-state index contributed by atoms with van der Waals surface area (Å²) in [5.74, 6) is -1.26. The van der Waals surface area contributed by atoms with Crippen LogP contribution in [-0.2, 0) is 19.1 Å². The SMILES string of the molecule is COCCN(CCOC)C1=C(c2ccc(F)cc2)C(=O)N(c2ccccc2C)C1=O. The minimum Gasteiger partial charge on any atom is -0.383 e. The highest BCUT2D eigenvalue weighted by atomic mass is 19.1. The van der Waals surface area contributed by atoms with Crippen molar-refractivity contribution < 1.29 is 23.5 Å². The number of para-hydroxylation sites is 1. The quantitative estimate of drug-likeness (QED) is 0.593. The molecule has 0 radical (unpaired) electrons. The molecule has 0 saturated carbocycles. The summed E-state index contributed by atoms with van der Waals surface area (Å²) in [6.07, 6.45) is 0. The summed E-state index contributed by atoms with van der Waals surface area (Å²) in [6.45, 7) is 3.39. The van der Waals surface area contributed by atoms with Gasteiger partial charge in [-0.15, -0.1) is 0 Å². The van der Waals surface area contributed by atoms with Gasteiger partial charge in [0, 0.05) is 27.3 Å². The normalized spacial score (nSPS) is 14.1. The van der Waals surface area contributed by atoms with Crippen molar-refractivity contribution in [3.63, 3.8) is 0 Å². The molecule has 1 aliphatic rings. The van der Waals surface area contributed by atoms with Crippen LogP contribution in [0.5, 0.6) is 0 Å². The Morgan fingerprint density at radius 2 is 1.50 bits per heavy atom. The maximum absolute atomic E-state index is 13.5. The molecular weight excluding hydrogens is 387 g/mol. The molecule has 0 N–H and O–H groups in total. The van der Waals surface area contributed by atoms with Crippen molar-refractivity contribution in [2.45, 2.75) is 6.92 Å². The van der Waals surface area contributed by atoms with Gasteiger partial charge in [0.2, 0.25) is 0 Å². The summed E-state index contributed by atoms with van der Waals surface area (Å²) in [7, 11) is 3.15. The molecule has 3 rings (SSSR count). The minimum absolute atomic E-state index is 0.246. The Balaban J connectivity index is 2.14. The Labute approximate surface area is 175 Å². The van der Waals surface area contributed by atoms with Crippen LogP contribution in [0.3, 0.4) is 0 Å². The van der Waals surface area contributed by atoms with Gasteiger partial charge in [-0.1, -0.05) is 30.3 Å². The Kier molecular flexibility index (Phi) is 6.97. The predicted octanol–water partition coefficient (Wildman–Crippen LogP) is 3.01. The molecule has 158 valence electrons. The second kappa shape index (κ2) is 9.65. The number of anilines is 1. The summed E-state index contributed by atoms with van der Waals surface area (Å²) in [5, 5.41) is 0. The van der Waals surface area contributed by atoms with Gasteiger partial charge in [-0.05, 0) is 36.2 Å². The van der Waals surface area contributed by atoms with E-state index in [9.17, 15) is 14.0 Å². The fourth-order valence-corrected chi connectivity index (χ4v) is 3.46. The van der Waals surface area contributed by atoms with Gasteiger partial charge in [0.15, 0.2) is 0 Å². The third-order valence-electron chi connectivity index (χ3n) is 5.00. The number of carbonyl (C=O) groups excluding carboxylic acids is 2. The van der Waals surface area contributed by atoms with Crippen molar-refractivity contribution in [1.82, 2.24) is 4.90 Å². The van der Waals surface area contributed by atoms with Gasteiger partial charge < -0.3 is 14.4 Å². The number of hydrogen-bond acceptors (Lipinski definition) is 5. The molecule has 1 heterocycles. The molecule has 6 nitrogen and oxygen atoms in total. The molecule has 0 unspecified atom stereocenters. The van der Waals surface area contributed by atoms with Gasteiger partial charge in [-0.2, -0.15) is 0 Å². The largest absolute Gasteiger partial charge is 0.383 e. The molecule has 2 amide bonds. The fourth-order valence-electron chi connectivity index (χ4n) is 3.46. The van der Waals surface area contributed by atoms with E-state index in [-0.39, 0.29) is 11.3 Å². The Morgan fingerprint density at radius 1 is 0.900 bits per heavy atom. The molecule has 0 bridgehead atoms. The maximum Gasteiger partial charge on any atom is 0.282 e. The van der Waals surface area contributed by atoms with E-state index < -0.39 is 17.6 Å². The second-order valence-electron chi connectivity index (χ2n) is 6.94. The number of carbonyl (C=O) groups is 2. The van der Waals surface area contributed by atoms with Gasteiger partial charge >= 0.3 is 0 Å². The van der Waals surface area contributed by atoms with Crippen LogP contribution in [-0.4, -0.2) is 57.2 Å². The van der Waals surface area contributed by atoms with Crippen LogP contribution in [0.2, 0.25) is 0 Å². The van der Waals surface area contributed by atoms with Gasteiger partial charge in [-0.3, -0.25) is 9.59 Å². The predicted molar refractivity (Wildman–Crippen MR) is 112 cm³/mol. The van der Waals surface area contributed by atoms with Crippen LogP contribution in [0.25, 0.3) is 5.57 Å². The van der Waals surface area contributed by atoms with Crippen LogP contribution in [0, 0.1) is 12.7 Å². The topological polar surface area (TPSA) is 59.1 Å². The fraction of sp³-hybridized carbons (Fsp3) is 0.304. The number of hydrogen-bond donors (Lipinski definition) is 0. The van der Waals surface area contributed by atoms with E-state index >= 15 is 0 Å². The standard InChI is InChI=1S/C23H25FN2O4/c1-16-6-4-5-7-19(16)26-22(27)20(17-8-10-18(24)11-9-17)21(23(26)28)25(12-14-29-2)13-15-30-3/h4-11H,12-15H2,1-3H3. The molecule has 1 aliphatic heterocycles. The Hall–Kier alpha value is -3.03. The summed E-state index contributed by atoms with van der Waals surface area (Å²) in [5.41, 5.74) is 2.33. The highest BCUT2D eigenvalue weighted by Crippen LogP contribution is 2.35. The number of rotatable bonds is 9. The third kappa shape index (κ3) is 4.27. The smallest absolute Gasteiger partial charge is 0.282 e. The molecule has 2 aromatic carbocycles. The second-order valence-corrected chi connectivity index (χ2v) is 6.94. The van der Waals surface area contributed by atoms with Crippen molar-refractivity contribution in [2.24, 2.45) is 0 Å². The number of ether oxygens (including phenoxy) is 2. The van der Waals surface area contributed by atoms with Crippen molar-refractivity contribution in [1.29, 1.82) is 0 Å². The van der Waals surface area contributed by atoms with Crippen LogP contribution >= 0.6 is 0 Å². The molecule has 0 fully saturated rings. The highest BCUT2D eigenvalue weighted by Gasteiger charge is 2.42. The van der Waals surface area contributed by atoms with E-state index in [1.54, 1.807) is 31.3 Å². The van der Waals surface area contributed by atoms with E-state index in [1.807, 2.05) is 19.1 Å². The van der Waals surface area contributed by atoms with E-state index in [0.717, 1.165) is 5.56 Å². The Morgan fingerprint density at radius 3 is 2.07 bits per heavy atom. The van der Waals surface area contributed by atoms with Crippen LogP contribution in [0.1, 0.15) is 11.1 Å². The lowest BCUT2D eigenvalue weighted by Crippen LogP contribution is -2.38. The number of amides is 2. The zero-order valence-electron chi connectivity index (χ0n) is 17.4. The molecule has 30 heavy (non-hydrogen) atoms. The molecule has 0 aromatic heterocycles. The summed E-state index contributed by atoms with van der Waals surface area (Å²) in [4.78, 5) is 30.0. The first-order valence-electron chi connectivity index (χ1n) is 9.67. The van der Waals surface area contributed by atoms with Crippen molar-refractivity contribution in [2.75, 3.05) is 45.4 Å². The van der Waals surface area contributed by atoms with E-state index in [2.05, 4.69) is 0 Å². The summed E-state index contributed by atoms with van der Waals surface area (Å²) >= 11 is 0. The lowest BCUT2D eigenvalue weighted by molar-refractivity contribution is -0.120. The van der Waals surface area contributed by atoms with Gasteiger partial charge in [0.05, 0.1) is 24.5 Å².